The van der Waals surface area contributed by atoms with Crippen LogP contribution < -0.4 is 5.32 Å². The number of nitrogens with one attached hydrogen (secondary N) is 1. The van der Waals surface area contributed by atoms with Crippen molar-refractivity contribution in [3.8, 4) is 0 Å². The number of ether oxygens (including phenoxy) is 1. The highest BCUT2D eigenvalue weighted by Gasteiger charge is 2.13. The highest BCUT2D eigenvalue weighted by Crippen LogP contribution is 2.13. The maximum absolute atomic E-state index is 11.5. The number of amides is 1. The molecule has 0 radical (unpaired) electrons. The summed E-state index contributed by atoms with van der Waals surface area (Å²) in [7, 11) is 0. The molecule has 0 saturated carbocycles. The summed E-state index contributed by atoms with van der Waals surface area (Å²) in [5.41, 5.74) is 2.13. The van der Waals surface area contributed by atoms with Gasteiger partial charge in [0.15, 0.2) is 0 Å². The summed E-state index contributed by atoms with van der Waals surface area (Å²) in [5.74, 6) is -0.213. The second kappa shape index (κ2) is 7.84. The highest BCUT2D eigenvalue weighted by molar-refractivity contribution is 5.77. The first kappa shape index (κ1) is 14.7. The standard InChI is InChI=1S/C14H21NO3/c1-3-11-5-7-12(8-6-11)13(9-16)15-14(17)10-18-4-2/h5-8,13,16H,3-4,9-10H2,1-2H3,(H,15,17). The number of carbonyl (C=O) groups is 1. The third kappa shape index (κ3) is 4.47. The topological polar surface area (TPSA) is 58.6 Å². The van der Waals surface area contributed by atoms with E-state index in [1.54, 1.807) is 0 Å². The number of rotatable bonds is 7. The van der Waals surface area contributed by atoms with Gasteiger partial charge in [-0.2, -0.15) is 0 Å². The van der Waals surface area contributed by atoms with Crippen molar-refractivity contribution in [1.82, 2.24) is 5.32 Å². The van der Waals surface area contributed by atoms with Gasteiger partial charge in [0.2, 0.25) is 5.91 Å². The van der Waals surface area contributed by atoms with E-state index in [-0.39, 0.29) is 25.2 Å². The molecule has 1 aromatic carbocycles. The molecule has 0 aliphatic carbocycles. The lowest BCUT2D eigenvalue weighted by atomic mass is 10.0. The Bertz CT molecular complexity index is 362. The molecule has 18 heavy (non-hydrogen) atoms. The van der Waals surface area contributed by atoms with Crippen molar-refractivity contribution in [2.75, 3.05) is 19.8 Å². The maximum atomic E-state index is 11.5. The summed E-state index contributed by atoms with van der Waals surface area (Å²) in [6.07, 6.45) is 0.973. The SMILES string of the molecule is CCOCC(=O)NC(CO)c1ccc(CC)cc1. The van der Waals surface area contributed by atoms with Gasteiger partial charge >= 0.3 is 0 Å². The van der Waals surface area contributed by atoms with Crippen molar-refractivity contribution in [3.63, 3.8) is 0 Å². The Morgan fingerprint density at radius 2 is 2.00 bits per heavy atom. The first-order valence-electron chi connectivity index (χ1n) is 6.28. The molecular formula is C14H21NO3. The summed E-state index contributed by atoms with van der Waals surface area (Å²) < 4.78 is 5.02. The third-order valence-corrected chi connectivity index (χ3v) is 2.75. The second-order valence-electron chi connectivity index (χ2n) is 4.03. The zero-order valence-corrected chi connectivity index (χ0v) is 11.0. The number of aliphatic hydroxyl groups excluding tert-OH is 1. The van der Waals surface area contributed by atoms with Crippen LogP contribution in [0.1, 0.15) is 31.0 Å². The lowest BCUT2D eigenvalue weighted by molar-refractivity contribution is -0.126. The maximum Gasteiger partial charge on any atom is 0.246 e. The van der Waals surface area contributed by atoms with Crippen LogP contribution in [0.5, 0.6) is 0 Å². The smallest absolute Gasteiger partial charge is 0.246 e. The van der Waals surface area contributed by atoms with Gasteiger partial charge in [0, 0.05) is 6.61 Å². The van der Waals surface area contributed by atoms with Crippen molar-refractivity contribution in [2.24, 2.45) is 0 Å². The lowest BCUT2D eigenvalue weighted by Crippen LogP contribution is -2.33. The normalized spacial score (nSPS) is 12.2. The monoisotopic (exact) mass is 251 g/mol. The molecule has 0 bridgehead atoms. The number of hydrogen-bond donors (Lipinski definition) is 2. The van der Waals surface area contributed by atoms with E-state index in [0.29, 0.717) is 6.61 Å². The molecule has 0 saturated heterocycles. The fourth-order valence-corrected chi connectivity index (χ4v) is 1.65. The van der Waals surface area contributed by atoms with Gasteiger partial charge in [-0.3, -0.25) is 4.79 Å². The zero-order valence-electron chi connectivity index (χ0n) is 11.0. The average Bonchev–Trinajstić information content (AvgIpc) is 2.42. The molecule has 0 aromatic heterocycles. The molecular weight excluding hydrogens is 230 g/mol. The van der Waals surface area contributed by atoms with Gasteiger partial charge in [-0.25, -0.2) is 0 Å². The van der Waals surface area contributed by atoms with E-state index in [1.807, 2.05) is 31.2 Å². The Kier molecular flexibility index (Phi) is 6.39. The van der Waals surface area contributed by atoms with Crippen LogP contribution in [-0.4, -0.2) is 30.8 Å². The van der Waals surface area contributed by atoms with Crippen LogP contribution in [0.25, 0.3) is 0 Å². The largest absolute Gasteiger partial charge is 0.394 e. The van der Waals surface area contributed by atoms with Crippen LogP contribution in [0.3, 0.4) is 0 Å². The predicted octanol–water partition coefficient (Wildman–Crippen LogP) is 1.44. The molecule has 0 spiro atoms. The van der Waals surface area contributed by atoms with Crippen molar-refractivity contribution in [3.05, 3.63) is 35.4 Å². The molecule has 4 heteroatoms. The van der Waals surface area contributed by atoms with Crippen LogP contribution in [0.15, 0.2) is 24.3 Å². The number of carbonyl (C=O) groups excluding carboxylic acids is 1. The minimum atomic E-state index is -0.371. The highest BCUT2D eigenvalue weighted by atomic mass is 16.5. The molecule has 0 aliphatic heterocycles. The van der Waals surface area contributed by atoms with Gasteiger partial charge in [-0.15, -0.1) is 0 Å². The quantitative estimate of drug-likeness (QED) is 0.771. The van der Waals surface area contributed by atoms with E-state index in [9.17, 15) is 9.90 Å². The fraction of sp³-hybridized carbons (Fsp3) is 0.500. The molecule has 1 amide bonds. The summed E-state index contributed by atoms with van der Waals surface area (Å²) >= 11 is 0. The van der Waals surface area contributed by atoms with Crippen LogP contribution >= 0.6 is 0 Å². The molecule has 1 atom stereocenters. The molecule has 0 fully saturated rings. The van der Waals surface area contributed by atoms with Gasteiger partial charge in [0.25, 0.3) is 0 Å². The van der Waals surface area contributed by atoms with E-state index in [4.69, 9.17) is 4.74 Å². The van der Waals surface area contributed by atoms with Gasteiger partial charge in [-0.05, 0) is 24.5 Å². The number of benzene rings is 1. The first-order valence-corrected chi connectivity index (χ1v) is 6.28. The fourth-order valence-electron chi connectivity index (χ4n) is 1.65. The minimum absolute atomic E-state index is 0.0278. The lowest BCUT2D eigenvalue weighted by Gasteiger charge is -2.17. The van der Waals surface area contributed by atoms with Gasteiger partial charge in [-0.1, -0.05) is 31.2 Å². The van der Waals surface area contributed by atoms with Gasteiger partial charge < -0.3 is 15.2 Å². The summed E-state index contributed by atoms with van der Waals surface area (Å²) in [5, 5.41) is 12.1. The Morgan fingerprint density at radius 1 is 1.33 bits per heavy atom. The van der Waals surface area contributed by atoms with Gasteiger partial charge in [0.05, 0.1) is 12.6 Å². The van der Waals surface area contributed by atoms with Crippen molar-refractivity contribution in [1.29, 1.82) is 0 Å². The summed E-state index contributed by atoms with van der Waals surface area (Å²) in [4.78, 5) is 11.5. The van der Waals surface area contributed by atoms with Crippen LogP contribution in [-0.2, 0) is 16.0 Å². The summed E-state index contributed by atoms with van der Waals surface area (Å²) in [6.45, 7) is 4.33. The molecule has 1 rings (SSSR count). The molecule has 0 aliphatic rings. The van der Waals surface area contributed by atoms with E-state index < -0.39 is 0 Å². The Balaban J connectivity index is 2.61. The first-order chi connectivity index (χ1) is 8.71. The van der Waals surface area contributed by atoms with Crippen molar-refractivity contribution < 1.29 is 14.6 Å². The van der Waals surface area contributed by atoms with Crippen LogP contribution in [0.2, 0.25) is 0 Å². The Hall–Kier alpha value is -1.39. The average molecular weight is 251 g/mol. The van der Waals surface area contributed by atoms with Crippen LogP contribution in [0, 0.1) is 0 Å². The van der Waals surface area contributed by atoms with E-state index in [0.717, 1.165) is 12.0 Å². The Labute approximate surface area is 108 Å². The van der Waals surface area contributed by atoms with Crippen molar-refractivity contribution >= 4 is 5.91 Å². The zero-order chi connectivity index (χ0) is 13.4. The van der Waals surface area contributed by atoms with Gasteiger partial charge in [0.1, 0.15) is 6.61 Å². The summed E-state index contributed by atoms with van der Waals surface area (Å²) in [6, 6.07) is 7.50. The minimum Gasteiger partial charge on any atom is -0.394 e. The Morgan fingerprint density at radius 3 is 2.50 bits per heavy atom. The predicted molar refractivity (Wildman–Crippen MR) is 70.3 cm³/mol. The molecule has 1 unspecified atom stereocenters. The molecule has 1 aromatic rings. The number of hydrogen-bond acceptors (Lipinski definition) is 3. The van der Waals surface area contributed by atoms with E-state index >= 15 is 0 Å². The number of aliphatic hydroxyl groups is 1. The molecule has 4 nitrogen and oxygen atoms in total. The van der Waals surface area contributed by atoms with E-state index in [2.05, 4.69) is 12.2 Å². The third-order valence-electron chi connectivity index (χ3n) is 2.75. The molecule has 100 valence electrons. The number of aryl methyl sites for hydroxylation is 1. The molecule has 2 N–H and O–H groups in total. The van der Waals surface area contributed by atoms with Crippen LogP contribution in [0.4, 0.5) is 0 Å². The van der Waals surface area contributed by atoms with E-state index in [1.165, 1.54) is 5.56 Å². The second-order valence-corrected chi connectivity index (χ2v) is 4.03. The van der Waals surface area contributed by atoms with Crippen molar-refractivity contribution in [2.45, 2.75) is 26.3 Å². The molecule has 0 heterocycles.